The number of halogens is 1. The summed E-state index contributed by atoms with van der Waals surface area (Å²) in [5.41, 5.74) is 7.49. The number of nitrogens with two attached hydrogens (primary N) is 1. The fourth-order valence-electron chi connectivity index (χ4n) is 3.65. The summed E-state index contributed by atoms with van der Waals surface area (Å²) in [6.45, 7) is 3.46. The Morgan fingerprint density at radius 3 is 2.39 bits per heavy atom. The van der Waals surface area contributed by atoms with E-state index < -0.39 is 5.91 Å². The van der Waals surface area contributed by atoms with E-state index in [1.807, 2.05) is 12.1 Å². The summed E-state index contributed by atoms with van der Waals surface area (Å²) in [5.74, 6) is -1.03. The fourth-order valence-corrected chi connectivity index (χ4v) is 3.65. The van der Waals surface area contributed by atoms with Gasteiger partial charge in [0.15, 0.2) is 0 Å². The largest absolute Gasteiger partial charge is 0.370 e. The third kappa shape index (κ3) is 6.27. The first kappa shape index (κ1) is 22.2. The predicted molar refractivity (Wildman–Crippen MR) is 117 cm³/mol. The van der Waals surface area contributed by atoms with Crippen LogP contribution >= 0.6 is 0 Å². The number of carbonyl (C=O) groups excluding carboxylic acids is 2. The van der Waals surface area contributed by atoms with E-state index in [-0.39, 0.29) is 31.2 Å². The Labute approximate surface area is 181 Å². The average Bonchev–Trinajstić information content (AvgIpc) is 3.00. The molecular formula is C23H26FN5O2. The Balaban J connectivity index is 1.63. The van der Waals surface area contributed by atoms with Crippen molar-refractivity contribution in [2.45, 2.75) is 12.8 Å². The molecule has 1 aliphatic rings. The molecule has 0 radical (unpaired) electrons. The monoisotopic (exact) mass is 423 g/mol. The number of rotatable bonds is 7. The van der Waals surface area contributed by atoms with Crippen LogP contribution in [0.5, 0.6) is 0 Å². The van der Waals surface area contributed by atoms with Gasteiger partial charge in [0.2, 0.25) is 11.8 Å². The van der Waals surface area contributed by atoms with Crippen LogP contribution in [-0.4, -0.2) is 56.0 Å². The van der Waals surface area contributed by atoms with Crippen molar-refractivity contribution in [1.82, 2.24) is 4.90 Å². The summed E-state index contributed by atoms with van der Waals surface area (Å²) >= 11 is 0. The first-order valence-electron chi connectivity index (χ1n) is 10.3. The molecule has 0 aliphatic carbocycles. The third-order valence-corrected chi connectivity index (χ3v) is 5.33. The van der Waals surface area contributed by atoms with Crippen LogP contribution in [0.3, 0.4) is 0 Å². The van der Waals surface area contributed by atoms with Gasteiger partial charge in [-0.2, -0.15) is 5.26 Å². The highest BCUT2D eigenvalue weighted by molar-refractivity contribution is 5.95. The molecule has 0 bridgehead atoms. The summed E-state index contributed by atoms with van der Waals surface area (Å²) in [6, 6.07) is 15.3. The lowest BCUT2D eigenvalue weighted by Gasteiger charge is -2.27. The molecule has 0 aromatic heterocycles. The zero-order chi connectivity index (χ0) is 22.2. The number of benzene rings is 2. The van der Waals surface area contributed by atoms with E-state index in [0.717, 1.165) is 31.7 Å². The Morgan fingerprint density at radius 1 is 1.03 bits per heavy atom. The fraction of sp³-hybridized carbons (Fsp3) is 0.348. The summed E-state index contributed by atoms with van der Waals surface area (Å²) in [7, 11) is 0. The molecule has 2 N–H and O–H groups in total. The Morgan fingerprint density at radius 2 is 1.74 bits per heavy atom. The maximum Gasteiger partial charge on any atom is 0.241 e. The molecule has 3 rings (SSSR count). The predicted octanol–water partition coefficient (Wildman–Crippen LogP) is 2.12. The van der Waals surface area contributed by atoms with E-state index in [9.17, 15) is 14.0 Å². The number of hydrogen-bond acceptors (Lipinski definition) is 5. The van der Waals surface area contributed by atoms with Gasteiger partial charge in [-0.15, -0.1) is 0 Å². The van der Waals surface area contributed by atoms with Crippen LogP contribution in [0.15, 0.2) is 48.5 Å². The van der Waals surface area contributed by atoms with E-state index >= 15 is 0 Å². The standard InChI is InChI=1S/C23H26FN5O2/c24-19-4-8-21(9-5-19)29(13-10-22(26)30)23(31)17-27-11-1-12-28(15-14-27)20-6-2-18(16-25)3-7-20/h2-9H,1,10-15,17H2,(H2,26,30). The number of nitriles is 1. The van der Waals surface area contributed by atoms with Crippen LogP contribution in [-0.2, 0) is 9.59 Å². The molecule has 0 spiro atoms. The number of primary amides is 1. The van der Waals surface area contributed by atoms with E-state index in [2.05, 4.69) is 15.9 Å². The maximum atomic E-state index is 13.3. The summed E-state index contributed by atoms with van der Waals surface area (Å²) in [6.07, 6.45) is 0.931. The molecule has 2 aromatic carbocycles. The van der Waals surface area contributed by atoms with Crippen molar-refractivity contribution in [3.8, 4) is 6.07 Å². The first-order valence-corrected chi connectivity index (χ1v) is 10.3. The SMILES string of the molecule is N#Cc1ccc(N2CCCN(CC(=O)N(CCC(N)=O)c3ccc(F)cc3)CC2)cc1. The molecule has 0 saturated carbocycles. The number of nitrogens with zero attached hydrogens (tertiary/aromatic N) is 4. The summed E-state index contributed by atoms with van der Waals surface area (Å²) in [5, 5.41) is 8.96. The Hall–Kier alpha value is -3.44. The average molecular weight is 423 g/mol. The van der Waals surface area contributed by atoms with Crippen molar-refractivity contribution < 1.29 is 14.0 Å². The second-order valence-electron chi connectivity index (χ2n) is 7.51. The molecule has 31 heavy (non-hydrogen) atoms. The van der Waals surface area contributed by atoms with Crippen molar-refractivity contribution in [2.75, 3.05) is 49.1 Å². The molecule has 1 heterocycles. The van der Waals surface area contributed by atoms with Crippen LogP contribution < -0.4 is 15.5 Å². The number of amides is 2. The van der Waals surface area contributed by atoms with Gasteiger partial charge in [0.25, 0.3) is 0 Å². The van der Waals surface area contributed by atoms with Crippen LogP contribution in [0, 0.1) is 17.1 Å². The smallest absolute Gasteiger partial charge is 0.241 e. The van der Waals surface area contributed by atoms with E-state index in [1.165, 1.54) is 29.2 Å². The molecule has 7 nitrogen and oxygen atoms in total. The molecule has 2 amide bonds. The molecule has 0 unspecified atom stereocenters. The maximum absolute atomic E-state index is 13.3. The Kier molecular flexibility index (Phi) is 7.57. The Bertz CT molecular complexity index is 940. The molecule has 1 saturated heterocycles. The molecule has 1 aliphatic heterocycles. The van der Waals surface area contributed by atoms with Crippen LogP contribution in [0.25, 0.3) is 0 Å². The molecule has 1 fully saturated rings. The second kappa shape index (κ2) is 10.5. The quantitative estimate of drug-likeness (QED) is 0.736. The van der Waals surface area contributed by atoms with Gasteiger partial charge < -0.3 is 15.5 Å². The normalized spacial score (nSPS) is 14.5. The molecular weight excluding hydrogens is 397 g/mol. The molecule has 8 heteroatoms. The van der Waals surface area contributed by atoms with Crippen molar-refractivity contribution in [3.05, 3.63) is 59.9 Å². The van der Waals surface area contributed by atoms with Crippen LogP contribution in [0.2, 0.25) is 0 Å². The minimum atomic E-state index is -0.493. The number of anilines is 2. The highest BCUT2D eigenvalue weighted by Gasteiger charge is 2.22. The molecule has 0 atom stereocenters. The van der Waals surface area contributed by atoms with E-state index in [0.29, 0.717) is 17.8 Å². The second-order valence-corrected chi connectivity index (χ2v) is 7.51. The zero-order valence-corrected chi connectivity index (χ0v) is 17.3. The lowest BCUT2D eigenvalue weighted by atomic mass is 10.2. The highest BCUT2D eigenvalue weighted by Crippen LogP contribution is 2.19. The minimum Gasteiger partial charge on any atom is -0.370 e. The van der Waals surface area contributed by atoms with Crippen LogP contribution in [0.1, 0.15) is 18.4 Å². The van der Waals surface area contributed by atoms with Crippen LogP contribution in [0.4, 0.5) is 15.8 Å². The van der Waals surface area contributed by atoms with Crippen molar-refractivity contribution in [3.63, 3.8) is 0 Å². The highest BCUT2D eigenvalue weighted by atomic mass is 19.1. The zero-order valence-electron chi connectivity index (χ0n) is 17.3. The van der Waals surface area contributed by atoms with Gasteiger partial charge in [-0.1, -0.05) is 0 Å². The van der Waals surface area contributed by atoms with Crippen molar-refractivity contribution in [2.24, 2.45) is 5.73 Å². The lowest BCUT2D eigenvalue weighted by Crippen LogP contribution is -2.43. The third-order valence-electron chi connectivity index (χ3n) is 5.33. The topological polar surface area (TPSA) is 93.7 Å². The van der Waals surface area contributed by atoms with Crippen molar-refractivity contribution in [1.29, 1.82) is 5.26 Å². The van der Waals surface area contributed by atoms with Gasteiger partial charge in [0.05, 0.1) is 18.2 Å². The van der Waals surface area contributed by atoms with Gasteiger partial charge in [0, 0.05) is 50.5 Å². The minimum absolute atomic E-state index is 0.0373. The summed E-state index contributed by atoms with van der Waals surface area (Å²) in [4.78, 5) is 30.1. The molecule has 2 aromatic rings. The van der Waals surface area contributed by atoms with Gasteiger partial charge in [-0.05, 0) is 55.0 Å². The van der Waals surface area contributed by atoms with Gasteiger partial charge >= 0.3 is 0 Å². The van der Waals surface area contributed by atoms with Gasteiger partial charge in [0.1, 0.15) is 5.82 Å². The lowest BCUT2D eigenvalue weighted by molar-refractivity contribution is -0.120. The number of carbonyl (C=O) groups is 2. The van der Waals surface area contributed by atoms with E-state index in [1.54, 1.807) is 12.1 Å². The molecule has 162 valence electrons. The van der Waals surface area contributed by atoms with Gasteiger partial charge in [-0.25, -0.2) is 4.39 Å². The van der Waals surface area contributed by atoms with E-state index in [4.69, 9.17) is 11.0 Å². The number of hydrogen-bond donors (Lipinski definition) is 1. The van der Waals surface area contributed by atoms with Gasteiger partial charge in [-0.3, -0.25) is 14.5 Å². The summed E-state index contributed by atoms with van der Waals surface area (Å²) < 4.78 is 13.3. The first-order chi connectivity index (χ1) is 15.0. The van der Waals surface area contributed by atoms with Crippen molar-refractivity contribution >= 4 is 23.2 Å².